The Morgan fingerprint density at radius 2 is 2.35 bits per heavy atom. The van der Waals surface area contributed by atoms with Crippen molar-refractivity contribution in [2.75, 3.05) is 7.11 Å². The van der Waals surface area contributed by atoms with Gasteiger partial charge in [0.05, 0.1) is 19.2 Å². The molecule has 2 aromatic heterocycles. The van der Waals surface area contributed by atoms with Crippen LogP contribution in [0.25, 0.3) is 16.2 Å². The average Bonchev–Trinajstić information content (AvgIpc) is 3.00. The highest BCUT2D eigenvalue weighted by Crippen LogP contribution is 2.26. The number of rotatable bonds is 4. The summed E-state index contributed by atoms with van der Waals surface area (Å²) in [7, 11) is 1.62. The van der Waals surface area contributed by atoms with Gasteiger partial charge in [-0.15, -0.1) is 11.3 Å². The van der Waals surface area contributed by atoms with Crippen LogP contribution in [0.3, 0.4) is 0 Å². The first-order chi connectivity index (χ1) is 9.67. The van der Waals surface area contributed by atoms with Gasteiger partial charge in [0.25, 0.3) is 0 Å². The molecule has 0 aliphatic rings. The summed E-state index contributed by atoms with van der Waals surface area (Å²) < 4.78 is 7.03. The summed E-state index contributed by atoms with van der Waals surface area (Å²) in [6.07, 6.45) is 1.85. The van der Waals surface area contributed by atoms with Gasteiger partial charge in [0.1, 0.15) is 5.75 Å². The SMILES string of the molecule is COc1cccc(-c2cn3c(CC(=O)O)csc3n2)c1. The van der Waals surface area contributed by atoms with Crippen molar-refractivity contribution >= 4 is 22.3 Å². The number of methoxy groups -OCH3 is 1. The summed E-state index contributed by atoms with van der Waals surface area (Å²) in [5, 5.41) is 10.7. The van der Waals surface area contributed by atoms with E-state index < -0.39 is 5.97 Å². The number of aliphatic carboxylic acids is 1. The minimum Gasteiger partial charge on any atom is -0.497 e. The highest BCUT2D eigenvalue weighted by Gasteiger charge is 2.12. The van der Waals surface area contributed by atoms with Crippen LogP contribution in [0.15, 0.2) is 35.8 Å². The summed E-state index contributed by atoms with van der Waals surface area (Å²) >= 11 is 1.44. The third-order valence-corrected chi connectivity index (χ3v) is 3.87. The van der Waals surface area contributed by atoms with Gasteiger partial charge < -0.3 is 9.84 Å². The predicted molar refractivity (Wildman–Crippen MR) is 76.4 cm³/mol. The van der Waals surface area contributed by atoms with Crippen molar-refractivity contribution in [3.8, 4) is 17.0 Å². The van der Waals surface area contributed by atoms with Gasteiger partial charge in [-0.3, -0.25) is 9.20 Å². The molecular formula is C14H12N2O3S. The lowest BCUT2D eigenvalue weighted by molar-refractivity contribution is -0.136. The number of carbonyl (C=O) groups is 1. The molecule has 1 N–H and O–H groups in total. The number of carboxylic acids is 1. The highest BCUT2D eigenvalue weighted by atomic mass is 32.1. The molecule has 0 radical (unpaired) electrons. The number of imidazole rings is 1. The number of fused-ring (bicyclic) bond motifs is 1. The van der Waals surface area contributed by atoms with Crippen molar-refractivity contribution in [2.24, 2.45) is 0 Å². The zero-order valence-electron chi connectivity index (χ0n) is 10.7. The Kier molecular flexibility index (Phi) is 3.15. The molecule has 3 aromatic rings. The van der Waals surface area contributed by atoms with E-state index in [0.717, 1.165) is 27.7 Å². The van der Waals surface area contributed by atoms with Crippen LogP contribution in [0, 0.1) is 0 Å². The van der Waals surface area contributed by atoms with Gasteiger partial charge in [0.2, 0.25) is 0 Å². The molecule has 0 bridgehead atoms. The van der Waals surface area contributed by atoms with Crippen LogP contribution in [0.4, 0.5) is 0 Å². The Morgan fingerprint density at radius 1 is 1.50 bits per heavy atom. The van der Waals surface area contributed by atoms with E-state index in [0.29, 0.717) is 0 Å². The number of hydrogen-bond donors (Lipinski definition) is 1. The van der Waals surface area contributed by atoms with Crippen LogP contribution < -0.4 is 4.74 Å². The lowest BCUT2D eigenvalue weighted by Gasteiger charge is -2.01. The maximum Gasteiger partial charge on any atom is 0.309 e. The normalized spacial score (nSPS) is 10.8. The zero-order valence-corrected chi connectivity index (χ0v) is 11.6. The Labute approximate surface area is 119 Å². The van der Waals surface area contributed by atoms with Crippen LogP contribution in [-0.4, -0.2) is 27.6 Å². The van der Waals surface area contributed by atoms with Crippen molar-refractivity contribution < 1.29 is 14.6 Å². The summed E-state index contributed by atoms with van der Waals surface area (Å²) in [6, 6.07) is 7.63. The van der Waals surface area contributed by atoms with Gasteiger partial charge >= 0.3 is 5.97 Å². The minimum absolute atomic E-state index is 0.00604. The number of thiazole rings is 1. The number of aromatic nitrogens is 2. The number of hydrogen-bond acceptors (Lipinski definition) is 4. The highest BCUT2D eigenvalue weighted by molar-refractivity contribution is 7.15. The molecule has 0 saturated heterocycles. The molecule has 0 spiro atoms. The molecule has 102 valence electrons. The lowest BCUT2D eigenvalue weighted by Crippen LogP contribution is -2.02. The molecule has 0 atom stereocenters. The maximum atomic E-state index is 10.8. The number of carboxylic acid groups (broad SMARTS) is 1. The first-order valence-electron chi connectivity index (χ1n) is 5.99. The van der Waals surface area contributed by atoms with Crippen molar-refractivity contribution in [3.05, 3.63) is 41.5 Å². The van der Waals surface area contributed by atoms with Gasteiger partial charge in [0, 0.05) is 22.8 Å². The van der Waals surface area contributed by atoms with Gasteiger partial charge in [-0.2, -0.15) is 0 Å². The van der Waals surface area contributed by atoms with Crippen LogP contribution in [-0.2, 0) is 11.2 Å². The fraction of sp³-hybridized carbons (Fsp3) is 0.143. The van der Waals surface area contributed by atoms with Crippen molar-refractivity contribution in [1.29, 1.82) is 0 Å². The molecule has 3 rings (SSSR count). The molecule has 0 unspecified atom stereocenters. The second-order valence-corrected chi connectivity index (χ2v) is 5.14. The molecule has 1 aromatic carbocycles. The quantitative estimate of drug-likeness (QED) is 0.801. The van der Waals surface area contributed by atoms with Crippen molar-refractivity contribution in [1.82, 2.24) is 9.38 Å². The van der Waals surface area contributed by atoms with E-state index in [1.165, 1.54) is 11.3 Å². The monoisotopic (exact) mass is 288 g/mol. The van der Waals surface area contributed by atoms with Crippen molar-refractivity contribution in [3.63, 3.8) is 0 Å². The molecule has 20 heavy (non-hydrogen) atoms. The number of ether oxygens (including phenoxy) is 1. The zero-order chi connectivity index (χ0) is 14.1. The first-order valence-corrected chi connectivity index (χ1v) is 6.87. The van der Waals surface area contributed by atoms with E-state index in [9.17, 15) is 4.79 Å². The molecule has 0 fully saturated rings. The van der Waals surface area contributed by atoms with Crippen LogP contribution >= 0.6 is 11.3 Å². The summed E-state index contributed by atoms with van der Waals surface area (Å²) in [5.41, 5.74) is 2.49. The Balaban J connectivity index is 2.04. The Bertz CT molecular complexity index is 776. The molecule has 2 heterocycles. The topological polar surface area (TPSA) is 63.8 Å². The number of benzene rings is 1. The minimum atomic E-state index is -0.846. The number of nitrogens with zero attached hydrogens (tertiary/aromatic N) is 2. The van der Waals surface area contributed by atoms with Gasteiger partial charge in [-0.1, -0.05) is 12.1 Å². The third-order valence-electron chi connectivity index (χ3n) is 2.98. The smallest absolute Gasteiger partial charge is 0.309 e. The summed E-state index contributed by atoms with van der Waals surface area (Å²) in [4.78, 5) is 16.1. The molecule has 0 amide bonds. The standard InChI is InChI=1S/C14H12N2O3S/c1-19-11-4-2-3-9(5-11)12-7-16-10(6-13(17)18)8-20-14(16)15-12/h2-5,7-8H,6H2,1H3,(H,17,18). The first kappa shape index (κ1) is 12.7. The summed E-state index contributed by atoms with van der Waals surface area (Å²) in [5.74, 6) is -0.0778. The molecule has 5 nitrogen and oxygen atoms in total. The maximum absolute atomic E-state index is 10.8. The molecule has 0 saturated carbocycles. The van der Waals surface area contributed by atoms with Gasteiger partial charge in [-0.05, 0) is 12.1 Å². The van der Waals surface area contributed by atoms with E-state index >= 15 is 0 Å². The van der Waals surface area contributed by atoms with Crippen LogP contribution in [0.1, 0.15) is 5.69 Å². The molecule has 0 aliphatic heterocycles. The van der Waals surface area contributed by atoms with E-state index in [-0.39, 0.29) is 6.42 Å². The van der Waals surface area contributed by atoms with Crippen LogP contribution in [0.2, 0.25) is 0 Å². The van der Waals surface area contributed by atoms with E-state index in [4.69, 9.17) is 9.84 Å². The molecule has 0 aliphatic carbocycles. The van der Waals surface area contributed by atoms with Gasteiger partial charge in [0.15, 0.2) is 4.96 Å². The fourth-order valence-corrected chi connectivity index (χ4v) is 2.91. The average molecular weight is 288 g/mol. The fourth-order valence-electron chi connectivity index (χ4n) is 2.03. The third kappa shape index (κ3) is 2.25. The molecule has 6 heteroatoms. The van der Waals surface area contributed by atoms with E-state index in [1.807, 2.05) is 40.2 Å². The van der Waals surface area contributed by atoms with E-state index in [1.54, 1.807) is 7.11 Å². The van der Waals surface area contributed by atoms with Gasteiger partial charge in [-0.25, -0.2) is 4.98 Å². The van der Waals surface area contributed by atoms with E-state index in [2.05, 4.69) is 4.98 Å². The second-order valence-electron chi connectivity index (χ2n) is 4.31. The largest absolute Gasteiger partial charge is 0.497 e. The Morgan fingerprint density at radius 3 is 3.10 bits per heavy atom. The second kappa shape index (κ2) is 4.97. The predicted octanol–water partition coefficient (Wildman–Crippen LogP) is 2.70. The summed E-state index contributed by atoms with van der Waals surface area (Å²) in [6.45, 7) is 0. The Hall–Kier alpha value is -2.34. The molecular weight excluding hydrogens is 276 g/mol. The van der Waals surface area contributed by atoms with Crippen LogP contribution in [0.5, 0.6) is 5.75 Å². The lowest BCUT2D eigenvalue weighted by atomic mass is 10.1. The van der Waals surface area contributed by atoms with Crippen molar-refractivity contribution in [2.45, 2.75) is 6.42 Å².